The fraction of sp³-hybridized carbons (Fsp3) is 0.714. The second-order valence-corrected chi connectivity index (χ2v) is 16.6. The van der Waals surface area contributed by atoms with Crippen molar-refractivity contribution in [1.82, 2.24) is 10.6 Å². The zero-order valence-electron chi connectivity index (χ0n) is 8.37. The first-order valence-electron chi connectivity index (χ1n) is 4.17. The molecular weight excluding hydrogens is 624 g/mol. The van der Waals surface area contributed by atoms with Crippen LogP contribution in [-0.4, -0.2) is 28.7 Å². The molecule has 0 fully saturated rings. The summed E-state index contributed by atoms with van der Waals surface area (Å²) in [6.07, 6.45) is 0. The number of rotatable bonds is 3. The fourth-order valence-corrected chi connectivity index (χ4v) is 1.47. The van der Waals surface area contributed by atoms with Crippen molar-refractivity contribution in [2.45, 2.75) is 17.3 Å². The molecule has 100 valence electrons. The lowest BCUT2D eigenvalue weighted by Gasteiger charge is -2.20. The monoisotopic (exact) mass is 626 g/mol. The predicted molar refractivity (Wildman–Crippen MR) is 89.6 cm³/mol. The molecule has 0 radical (unpaired) electrons. The van der Waals surface area contributed by atoms with Crippen LogP contribution in [-0.2, 0) is 9.59 Å². The lowest BCUT2D eigenvalue weighted by molar-refractivity contribution is -0.121. The molecule has 0 rings (SSSR count). The molecule has 10 heteroatoms. The van der Waals surface area contributed by atoms with Gasteiger partial charge in [-0.15, -0.1) is 0 Å². The van der Waals surface area contributed by atoms with Crippen molar-refractivity contribution >= 4 is 107 Å². The lowest BCUT2D eigenvalue weighted by atomic mass is 10.3. The van der Waals surface area contributed by atoms with Crippen molar-refractivity contribution in [2.75, 3.05) is 6.54 Å². The van der Waals surface area contributed by atoms with E-state index in [0.717, 1.165) is 0 Å². The van der Waals surface area contributed by atoms with E-state index in [1.807, 2.05) is 0 Å². The number of amides is 2. The van der Waals surface area contributed by atoms with Gasteiger partial charge in [0, 0.05) is 12.6 Å². The minimum Gasteiger partial charge on any atom is -0.351 e. The van der Waals surface area contributed by atoms with E-state index in [1.54, 1.807) is 6.92 Å². The number of carbonyl (C=O) groups excluding carboxylic acids is 2. The molecule has 0 saturated carbocycles. The molecule has 0 aliphatic carbocycles. The van der Waals surface area contributed by atoms with Gasteiger partial charge in [0.25, 0.3) is 11.8 Å². The van der Waals surface area contributed by atoms with Gasteiger partial charge in [0.1, 0.15) is 0 Å². The fourth-order valence-electron chi connectivity index (χ4n) is 0.703. The Morgan fingerprint density at radius 3 is 1.76 bits per heavy atom. The molecule has 17 heavy (non-hydrogen) atoms. The third-order valence-corrected chi connectivity index (χ3v) is 3.62. The molecule has 0 heterocycles. The Kier molecular flexibility index (Phi) is 8.37. The van der Waals surface area contributed by atoms with Gasteiger partial charge in [0.05, 0.1) is 0 Å². The van der Waals surface area contributed by atoms with Crippen LogP contribution in [0.4, 0.5) is 0 Å². The van der Waals surface area contributed by atoms with Crippen molar-refractivity contribution < 1.29 is 9.59 Å². The minimum absolute atomic E-state index is 0.215. The highest BCUT2D eigenvalue weighted by atomic mass is 80.0. The smallest absolute Gasteiger partial charge is 0.259 e. The van der Waals surface area contributed by atoms with Crippen LogP contribution in [0.1, 0.15) is 6.92 Å². The van der Waals surface area contributed by atoms with Gasteiger partial charge in [-0.25, -0.2) is 0 Å². The standard InChI is InChI=1S/C7H8Br6N2O2/c1-3(15-5(17)7(11,12)13)2-14-4(16)6(8,9)10/h3H,2H2,1H3,(H,14,16)(H,15,17). The van der Waals surface area contributed by atoms with Gasteiger partial charge < -0.3 is 10.6 Å². The average molecular weight is 632 g/mol. The Balaban J connectivity index is 4.10. The van der Waals surface area contributed by atoms with Gasteiger partial charge in [0.15, 0.2) is 0 Å². The van der Waals surface area contributed by atoms with Crippen LogP contribution in [0.5, 0.6) is 0 Å². The topological polar surface area (TPSA) is 58.2 Å². The second-order valence-electron chi connectivity index (χ2n) is 3.08. The zero-order chi connectivity index (χ0) is 13.9. The van der Waals surface area contributed by atoms with Crippen LogP contribution in [0.25, 0.3) is 0 Å². The molecule has 2 amide bonds. The quantitative estimate of drug-likeness (QED) is 0.471. The maximum absolute atomic E-state index is 11.5. The van der Waals surface area contributed by atoms with Crippen LogP contribution in [0.3, 0.4) is 0 Å². The maximum Gasteiger partial charge on any atom is 0.259 e. The first-order chi connectivity index (χ1) is 7.44. The van der Waals surface area contributed by atoms with Crippen molar-refractivity contribution in [1.29, 1.82) is 0 Å². The van der Waals surface area contributed by atoms with E-state index in [-0.39, 0.29) is 17.9 Å². The molecule has 4 nitrogen and oxygen atoms in total. The van der Waals surface area contributed by atoms with E-state index in [0.29, 0.717) is 6.54 Å². The summed E-state index contributed by atoms with van der Waals surface area (Å²) in [5.74, 6) is -0.580. The van der Waals surface area contributed by atoms with Crippen LogP contribution < -0.4 is 10.6 Å². The van der Waals surface area contributed by atoms with Crippen molar-refractivity contribution in [3.63, 3.8) is 0 Å². The van der Waals surface area contributed by atoms with E-state index >= 15 is 0 Å². The maximum atomic E-state index is 11.5. The Labute approximate surface area is 150 Å². The summed E-state index contributed by atoms with van der Waals surface area (Å²) >= 11 is 18.6. The molecule has 0 aromatic carbocycles. The van der Waals surface area contributed by atoms with E-state index in [1.165, 1.54) is 0 Å². The highest BCUT2D eigenvalue weighted by Gasteiger charge is 2.31. The Bertz CT molecular complexity index is 298. The van der Waals surface area contributed by atoms with Crippen LogP contribution >= 0.6 is 95.6 Å². The van der Waals surface area contributed by atoms with Gasteiger partial charge in [-0.2, -0.15) is 0 Å². The van der Waals surface area contributed by atoms with Gasteiger partial charge in [-0.3, -0.25) is 9.59 Å². The number of alkyl halides is 6. The average Bonchev–Trinajstić information content (AvgIpc) is 2.10. The van der Waals surface area contributed by atoms with Crippen molar-refractivity contribution in [2.24, 2.45) is 0 Å². The Hall–Kier alpha value is 1.82. The number of carbonyl (C=O) groups is 2. The zero-order valence-corrected chi connectivity index (χ0v) is 17.9. The number of halogens is 6. The Morgan fingerprint density at radius 1 is 1.00 bits per heavy atom. The number of nitrogens with one attached hydrogen (secondary N) is 2. The van der Waals surface area contributed by atoms with Crippen LogP contribution in [0, 0.1) is 0 Å². The molecule has 0 saturated heterocycles. The molecule has 0 aromatic heterocycles. The summed E-state index contributed by atoms with van der Waals surface area (Å²) in [7, 11) is 0. The molecule has 0 aliphatic rings. The van der Waals surface area contributed by atoms with Crippen molar-refractivity contribution in [3.8, 4) is 0 Å². The summed E-state index contributed by atoms with van der Waals surface area (Å²) in [6.45, 7) is 2.08. The van der Waals surface area contributed by atoms with Crippen molar-refractivity contribution in [3.05, 3.63) is 0 Å². The summed E-state index contributed by atoms with van der Waals surface area (Å²) in [5.41, 5.74) is 0. The largest absolute Gasteiger partial charge is 0.351 e. The Morgan fingerprint density at radius 2 is 1.41 bits per heavy atom. The predicted octanol–water partition coefficient (Wildman–Crippen LogP) is 3.28. The first kappa shape index (κ1) is 18.8. The normalized spacial score (nSPS) is 14.1. The molecule has 0 aliphatic heterocycles. The summed E-state index contributed by atoms with van der Waals surface area (Å²) in [5, 5.41) is 5.33. The van der Waals surface area contributed by atoms with E-state index < -0.39 is 4.29 Å². The van der Waals surface area contributed by atoms with Gasteiger partial charge in [-0.1, -0.05) is 0 Å². The number of hydrogen-bond donors (Lipinski definition) is 2. The molecule has 1 atom stereocenters. The summed E-state index contributed by atoms with van der Waals surface area (Å²) in [4.78, 5) is 23.0. The molecule has 0 bridgehead atoms. The minimum atomic E-state index is -0.991. The molecule has 2 N–H and O–H groups in total. The SMILES string of the molecule is CC(CNC(=O)C(Br)(Br)Br)NC(=O)C(Br)(Br)Br. The van der Waals surface area contributed by atoms with E-state index in [4.69, 9.17) is 0 Å². The van der Waals surface area contributed by atoms with Gasteiger partial charge in [0.2, 0.25) is 4.29 Å². The number of hydrogen-bond acceptors (Lipinski definition) is 2. The lowest BCUT2D eigenvalue weighted by Crippen LogP contribution is -2.47. The highest BCUT2D eigenvalue weighted by Crippen LogP contribution is 2.34. The second kappa shape index (κ2) is 7.56. The van der Waals surface area contributed by atoms with E-state index in [9.17, 15) is 9.59 Å². The first-order valence-corrected chi connectivity index (χ1v) is 8.93. The summed E-state index contributed by atoms with van der Waals surface area (Å²) < 4.78 is -1.98. The highest BCUT2D eigenvalue weighted by molar-refractivity contribution is 9.40. The van der Waals surface area contributed by atoms with Crippen LogP contribution in [0.2, 0.25) is 0 Å². The van der Waals surface area contributed by atoms with Crippen LogP contribution in [0.15, 0.2) is 0 Å². The molecule has 0 spiro atoms. The van der Waals surface area contributed by atoms with E-state index in [2.05, 4.69) is 106 Å². The third-order valence-electron chi connectivity index (χ3n) is 1.46. The summed E-state index contributed by atoms with van der Waals surface area (Å²) in [6, 6.07) is -0.215. The molecule has 1 unspecified atom stereocenters. The van der Waals surface area contributed by atoms with Gasteiger partial charge >= 0.3 is 0 Å². The molecule has 0 aromatic rings. The molecular formula is C7H8Br6N2O2. The third kappa shape index (κ3) is 8.56. The van der Waals surface area contributed by atoms with Gasteiger partial charge in [-0.05, 0) is 103 Å².